The van der Waals surface area contributed by atoms with E-state index in [2.05, 4.69) is 91.1 Å². The highest BCUT2D eigenvalue weighted by molar-refractivity contribution is 6.08. The first kappa shape index (κ1) is 13.2. The maximum atomic E-state index is 2.41. The average molecular weight is 267 g/mol. The molecule has 0 bridgehead atoms. The van der Waals surface area contributed by atoms with Crippen molar-refractivity contribution in [3.8, 4) is 0 Å². The van der Waals surface area contributed by atoms with E-state index >= 15 is 0 Å². The minimum Gasteiger partial charge on any atom is -0.311 e. The molecule has 20 heavy (non-hydrogen) atoms. The van der Waals surface area contributed by atoms with Crippen LogP contribution in [0.25, 0.3) is 21.8 Å². The molecule has 3 aromatic rings. The molecule has 0 amide bonds. The first-order valence-corrected chi connectivity index (χ1v) is 6.92. The summed E-state index contributed by atoms with van der Waals surface area (Å²) >= 11 is 0. The summed E-state index contributed by atoms with van der Waals surface area (Å²) in [5, 5.41) is 2.63. The number of aromatic nitrogens is 1. The SMILES string of the molecule is CN(C)C(N(C)C)n1c2ccccc2c2ccccc21. The Labute approximate surface area is 120 Å². The smallest absolute Gasteiger partial charge is 0.143 e. The molecule has 0 saturated heterocycles. The van der Waals surface area contributed by atoms with Gasteiger partial charge in [-0.15, -0.1) is 0 Å². The van der Waals surface area contributed by atoms with Gasteiger partial charge in [-0.2, -0.15) is 0 Å². The summed E-state index contributed by atoms with van der Waals surface area (Å²) in [7, 11) is 8.48. The van der Waals surface area contributed by atoms with E-state index in [9.17, 15) is 0 Å². The molecule has 104 valence electrons. The number of nitrogens with zero attached hydrogens (tertiary/aromatic N) is 3. The Kier molecular flexibility index (Phi) is 3.24. The minimum absolute atomic E-state index is 0.194. The van der Waals surface area contributed by atoms with E-state index in [0.29, 0.717) is 0 Å². The fraction of sp³-hybridized carbons (Fsp3) is 0.294. The van der Waals surface area contributed by atoms with Crippen molar-refractivity contribution >= 4 is 21.8 Å². The maximum Gasteiger partial charge on any atom is 0.143 e. The number of benzene rings is 2. The second-order valence-corrected chi connectivity index (χ2v) is 5.68. The van der Waals surface area contributed by atoms with Gasteiger partial charge in [-0.1, -0.05) is 36.4 Å². The Hall–Kier alpha value is -1.84. The van der Waals surface area contributed by atoms with Crippen molar-refractivity contribution < 1.29 is 0 Å². The Morgan fingerprint density at radius 2 is 1.10 bits per heavy atom. The van der Waals surface area contributed by atoms with Crippen molar-refractivity contribution in [2.24, 2.45) is 0 Å². The van der Waals surface area contributed by atoms with Crippen LogP contribution >= 0.6 is 0 Å². The van der Waals surface area contributed by atoms with Crippen molar-refractivity contribution in [3.63, 3.8) is 0 Å². The Morgan fingerprint density at radius 3 is 1.50 bits per heavy atom. The molecular weight excluding hydrogens is 246 g/mol. The van der Waals surface area contributed by atoms with Gasteiger partial charge >= 0.3 is 0 Å². The van der Waals surface area contributed by atoms with Crippen LogP contribution in [0.15, 0.2) is 48.5 Å². The summed E-state index contributed by atoms with van der Waals surface area (Å²) in [5.41, 5.74) is 2.56. The Morgan fingerprint density at radius 1 is 0.700 bits per heavy atom. The van der Waals surface area contributed by atoms with E-state index in [1.807, 2.05) is 0 Å². The Balaban J connectivity index is 2.42. The van der Waals surface area contributed by atoms with Gasteiger partial charge in [-0.25, -0.2) is 0 Å². The highest BCUT2D eigenvalue weighted by atomic mass is 15.4. The number of hydrogen-bond donors (Lipinski definition) is 0. The predicted octanol–water partition coefficient (Wildman–Crippen LogP) is 3.37. The van der Waals surface area contributed by atoms with Crippen molar-refractivity contribution in [2.75, 3.05) is 28.2 Å². The largest absolute Gasteiger partial charge is 0.311 e. The number of para-hydroxylation sites is 2. The molecule has 0 aliphatic heterocycles. The molecule has 0 aliphatic carbocycles. The second kappa shape index (κ2) is 4.93. The average Bonchev–Trinajstić information content (AvgIpc) is 2.74. The summed E-state index contributed by atoms with van der Waals surface area (Å²) in [5.74, 6) is 0. The third kappa shape index (κ3) is 1.90. The topological polar surface area (TPSA) is 11.4 Å². The lowest BCUT2D eigenvalue weighted by molar-refractivity contribution is 0.0712. The quantitative estimate of drug-likeness (QED) is 0.674. The first-order chi connectivity index (χ1) is 9.61. The van der Waals surface area contributed by atoms with Crippen molar-refractivity contribution in [1.29, 1.82) is 0 Å². The van der Waals surface area contributed by atoms with E-state index in [4.69, 9.17) is 0 Å². The zero-order chi connectivity index (χ0) is 14.3. The standard InChI is InChI=1S/C17H21N3/c1-18(2)17(19(3)4)20-15-11-7-5-9-13(15)14-10-6-8-12-16(14)20/h5-12,17H,1-4H3. The minimum atomic E-state index is 0.194. The lowest BCUT2D eigenvalue weighted by atomic mass is 10.2. The maximum absolute atomic E-state index is 2.41. The third-order valence-electron chi connectivity index (χ3n) is 3.77. The lowest BCUT2D eigenvalue weighted by Gasteiger charge is -2.33. The fourth-order valence-corrected chi connectivity index (χ4v) is 3.13. The first-order valence-electron chi connectivity index (χ1n) is 6.92. The molecule has 3 rings (SSSR count). The summed E-state index contributed by atoms with van der Waals surface area (Å²) in [6, 6.07) is 17.3. The van der Waals surface area contributed by atoms with Crippen LogP contribution in [0.2, 0.25) is 0 Å². The van der Waals surface area contributed by atoms with Gasteiger partial charge in [-0.3, -0.25) is 9.80 Å². The highest BCUT2D eigenvalue weighted by Crippen LogP contribution is 2.32. The van der Waals surface area contributed by atoms with Gasteiger partial charge in [0.15, 0.2) is 0 Å². The molecule has 2 aromatic carbocycles. The van der Waals surface area contributed by atoms with E-state index < -0.39 is 0 Å². The summed E-state index contributed by atoms with van der Waals surface area (Å²) in [6.45, 7) is 0. The van der Waals surface area contributed by atoms with Crippen molar-refractivity contribution in [1.82, 2.24) is 14.4 Å². The molecule has 0 aliphatic rings. The highest BCUT2D eigenvalue weighted by Gasteiger charge is 2.21. The fourth-order valence-electron chi connectivity index (χ4n) is 3.13. The van der Waals surface area contributed by atoms with Crippen LogP contribution in [0, 0.1) is 0 Å². The van der Waals surface area contributed by atoms with Gasteiger partial charge in [-0.05, 0) is 40.3 Å². The zero-order valence-electron chi connectivity index (χ0n) is 12.5. The van der Waals surface area contributed by atoms with Gasteiger partial charge in [0.1, 0.15) is 6.29 Å². The lowest BCUT2D eigenvalue weighted by Crippen LogP contribution is -2.36. The van der Waals surface area contributed by atoms with E-state index in [-0.39, 0.29) is 6.29 Å². The molecule has 0 radical (unpaired) electrons. The zero-order valence-corrected chi connectivity index (χ0v) is 12.5. The van der Waals surface area contributed by atoms with Gasteiger partial charge in [0, 0.05) is 10.8 Å². The van der Waals surface area contributed by atoms with Gasteiger partial charge in [0.2, 0.25) is 0 Å². The molecule has 0 unspecified atom stereocenters. The summed E-state index contributed by atoms with van der Waals surface area (Å²) < 4.78 is 2.41. The molecule has 1 aromatic heterocycles. The molecule has 0 spiro atoms. The molecule has 3 heteroatoms. The van der Waals surface area contributed by atoms with Crippen LogP contribution in [0.4, 0.5) is 0 Å². The predicted molar refractivity (Wildman–Crippen MR) is 85.9 cm³/mol. The van der Waals surface area contributed by atoms with Crippen LogP contribution < -0.4 is 0 Å². The molecule has 0 N–H and O–H groups in total. The molecule has 0 atom stereocenters. The van der Waals surface area contributed by atoms with Crippen LogP contribution in [0.5, 0.6) is 0 Å². The van der Waals surface area contributed by atoms with Gasteiger partial charge in [0.25, 0.3) is 0 Å². The summed E-state index contributed by atoms with van der Waals surface area (Å²) in [6.07, 6.45) is 0.194. The van der Waals surface area contributed by atoms with Crippen LogP contribution in [0.1, 0.15) is 6.29 Å². The molecular formula is C17H21N3. The number of fused-ring (bicyclic) bond motifs is 3. The van der Waals surface area contributed by atoms with Crippen molar-refractivity contribution in [2.45, 2.75) is 6.29 Å². The monoisotopic (exact) mass is 267 g/mol. The molecule has 1 heterocycles. The number of rotatable bonds is 3. The third-order valence-corrected chi connectivity index (χ3v) is 3.77. The van der Waals surface area contributed by atoms with Gasteiger partial charge < -0.3 is 4.57 Å². The van der Waals surface area contributed by atoms with Crippen LogP contribution in [-0.4, -0.2) is 42.6 Å². The van der Waals surface area contributed by atoms with E-state index in [1.165, 1.54) is 21.8 Å². The normalized spacial score (nSPS) is 12.3. The molecule has 0 saturated carbocycles. The summed E-state index contributed by atoms with van der Waals surface area (Å²) in [4.78, 5) is 4.47. The van der Waals surface area contributed by atoms with Crippen molar-refractivity contribution in [3.05, 3.63) is 48.5 Å². The Bertz CT molecular complexity index is 679. The van der Waals surface area contributed by atoms with Crippen LogP contribution in [0.3, 0.4) is 0 Å². The van der Waals surface area contributed by atoms with Crippen LogP contribution in [-0.2, 0) is 0 Å². The molecule has 0 fully saturated rings. The molecule has 3 nitrogen and oxygen atoms in total. The number of hydrogen-bond acceptors (Lipinski definition) is 2. The van der Waals surface area contributed by atoms with E-state index in [1.54, 1.807) is 0 Å². The second-order valence-electron chi connectivity index (χ2n) is 5.68. The van der Waals surface area contributed by atoms with E-state index in [0.717, 1.165) is 0 Å². The van der Waals surface area contributed by atoms with Gasteiger partial charge in [0.05, 0.1) is 11.0 Å².